The van der Waals surface area contributed by atoms with E-state index in [1.165, 1.54) is 14.0 Å². The molecule has 0 aliphatic rings. The summed E-state index contributed by atoms with van der Waals surface area (Å²) in [7, 11) is -2.71. The first-order chi connectivity index (χ1) is 9.01. The van der Waals surface area contributed by atoms with Crippen molar-refractivity contribution in [1.29, 1.82) is 0 Å². The minimum Gasteiger partial charge on any atom is -0.329 e. The van der Waals surface area contributed by atoms with Crippen LogP contribution in [-0.4, -0.2) is 32.4 Å². The first-order valence-electron chi connectivity index (χ1n) is 5.87. The highest BCUT2D eigenvalue weighted by molar-refractivity contribution is 7.89. The fourth-order valence-corrected chi connectivity index (χ4v) is 3.22. The Morgan fingerprint density at radius 2 is 1.90 bits per heavy atom. The van der Waals surface area contributed by atoms with Crippen LogP contribution in [0.3, 0.4) is 0 Å². The molecule has 1 aromatic rings. The number of nitrogens with zero attached hydrogens (tertiary/aromatic N) is 1. The van der Waals surface area contributed by atoms with Gasteiger partial charge in [0.2, 0.25) is 10.0 Å². The van der Waals surface area contributed by atoms with Crippen molar-refractivity contribution in [2.75, 3.05) is 13.6 Å². The van der Waals surface area contributed by atoms with Crippen molar-refractivity contribution in [3.8, 4) is 0 Å². The van der Waals surface area contributed by atoms with E-state index < -0.39 is 27.8 Å². The molecule has 0 heterocycles. The highest BCUT2D eigenvalue weighted by atomic mass is 32.2. The summed E-state index contributed by atoms with van der Waals surface area (Å²) in [5.41, 5.74) is 4.67. The monoisotopic (exact) mass is 310 g/mol. The fourth-order valence-electron chi connectivity index (χ4n) is 1.59. The SMILES string of the molecule is Cc1ccc(C(F)(F)F)cc1S(=O)(=O)N(C)C(C)CN. The zero-order valence-corrected chi connectivity index (χ0v) is 12.2. The summed E-state index contributed by atoms with van der Waals surface area (Å²) in [4.78, 5) is -0.352. The maximum Gasteiger partial charge on any atom is 0.416 e. The third-order valence-electron chi connectivity index (χ3n) is 3.13. The molecule has 0 saturated heterocycles. The van der Waals surface area contributed by atoms with Crippen molar-refractivity contribution in [2.45, 2.75) is 31.0 Å². The van der Waals surface area contributed by atoms with E-state index in [0.717, 1.165) is 16.4 Å². The van der Waals surface area contributed by atoms with Gasteiger partial charge in [-0.2, -0.15) is 17.5 Å². The van der Waals surface area contributed by atoms with E-state index in [0.29, 0.717) is 6.07 Å². The third kappa shape index (κ3) is 3.31. The number of halogens is 3. The number of alkyl halides is 3. The molecule has 0 radical (unpaired) electrons. The molecule has 0 aliphatic carbocycles. The number of hydrogen-bond acceptors (Lipinski definition) is 3. The maximum absolute atomic E-state index is 12.7. The van der Waals surface area contributed by atoms with Crippen LogP contribution in [0.15, 0.2) is 23.1 Å². The highest BCUT2D eigenvalue weighted by Crippen LogP contribution is 2.32. The molecule has 0 amide bonds. The topological polar surface area (TPSA) is 63.4 Å². The summed E-state index contributed by atoms with van der Waals surface area (Å²) in [6.45, 7) is 3.11. The number of likely N-dealkylation sites (N-methyl/N-ethyl adjacent to an activating group) is 1. The minimum atomic E-state index is -4.59. The Morgan fingerprint density at radius 3 is 2.35 bits per heavy atom. The standard InChI is InChI=1S/C12H17F3N2O2S/c1-8-4-5-10(12(13,14)15)6-11(8)20(18,19)17(3)9(2)7-16/h4-6,9H,7,16H2,1-3H3. The molecule has 20 heavy (non-hydrogen) atoms. The summed E-state index contributed by atoms with van der Waals surface area (Å²) < 4.78 is 63.7. The summed E-state index contributed by atoms with van der Waals surface area (Å²) in [6, 6.07) is 2.16. The minimum absolute atomic E-state index is 0.0771. The van der Waals surface area contributed by atoms with Crippen LogP contribution in [0.25, 0.3) is 0 Å². The molecule has 1 atom stereocenters. The molecule has 0 bridgehead atoms. The average Bonchev–Trinajstić information content (AvgIpc) is 2.35. The highest BCUT2D eigenvalue weighted by Gasteiger charge is 2.33. The number of hydrogen-bond donors (Lipinski definition) is 1. The van der Waals surface area contributed by atoms with Crippen LogP contribution >= 0.6 is 0 Å². The summed E-state index contributed by atoms with van der Waals surface area (Å²) in [6.07, 6.45) is -4.59. The molecule has 4 nitrogen and oxygen atoms in total. The predicted octanol–water partition coefficient (Wildman–Crippen LogP) is 1.98. The molecule has 1 rings (SSSR count). The van der Waals surface area contributed by atoms with Gasteiger partial charge in [0.15, 0.2) is 0 Å². The van der Waals surface area contributed by atoms with E-state index >= 15 is 0 Å². The Balaban J connectivity index is 3.39. The lowest BCUT2D eigenvalue weighted by Crippen LogP contribution is -2.40. The lowest BCUT2D eigenvalue weighted by molar-refractivity contribution is -0.137. The van der Waals surface area contributed by atoms with Gasteiger partial charge in [-0.1, -0.05) is 6.07 Å². The molecule has 0 fully saturated rings. The lowest BCUT2D eigenvalue weighted by Gasteiger charge is -2.24. The fraction of sp³-hybridized carbons (Fsp3) is 0.500. The molecule has 0 spiro atoms. The van der Waals surface area contributed by atoms with Crippen molar-refractivity contribution < 1.29 is 21.6 Å². The second-order valence-electron chi connectivity index (χ2n) is 4.58. The zero-order chi connectivity index (χ0) is 15.7. The maximum atomic E-state index is 12.7. The smallest absolute Gasteiger partial charge is 0.329 e. The second kappa shape index (κ2) is 5.71. The largest absolute Gasteiger partial charge is 0.416 e. The Kier molecular flexibility index (Phi) is 4.83. The lowest BCUT2D eigenvalue weighted by atomic mass is 10.1. The van der Waals surface area contributed by atoms with Gasteiger partial charge in [0.05, 0.1) is 10.5 Å². The summed E-state index contributed by atoms with van der Waals surface area (Å²) in [5, 5.41) is 0. The van der Waals surface area contributed by atoms with E-state index in [9.17, 15) is 21.6 Å². The van der Waals surface area contributed by atoms with Crippen LogP contribution < -0.4 is 5.73 Å². The van der Waals surface area contributed by atoms with Gasteiger partial charge in [0.25, 0.3) is 0 Å². The Morgan fingerprint density at radius 1 is 1.35 bits per heavy atom. The van der Waals surface area contributed by atoms with Gasteiger partial charge in [-0.3, -0.25) is 0 Å². The van der Waals surface area contributed by atoms with Gasteiger partial charge in [-0.05, 0) is 31.5 Å². The van der Waals surface area contributed by atoms with Crippen LogP contribution in [0, 0.1) is 6.92 Å². The molecule has 0 saturated carbocycles. The van der Waals surface area contributed by atoms with Crippen molar-refractivity contribution in [1.82, 2.24) is 4.31 Å². The number of nitrogens with two attached hydrogens (primary N) is 1. The summed E-state index contributed by atoms with van der Waals surface area (Å²) >= 11 is 0. The Labute approximate surface area is 116 Å². The van der Waals surface area contributed by atoms with E-state index in [2.05, 4.69) is 0 Å². The van der Waals surface area contributed by atoms with E-state index in [4.69, 9.17) is 5.73 Å². The van der Waals surface area contributed by atoms with Crippen LogP contribution in [0.5, 0.6) is 0 Å². The molecular formula is C12H17F3N2O2S. The van der Waals surface area contributed by atoms with Crippen molar-refractivity contribution in [2.24, 2.45) is 5.73 Å². The first kappa shape index (κ1) is 16.9. The van der Waals surface area contributed by atoms with Gasteiger partial charge in [0.1, 0.15) is 0 Å². The zero-order valence-electron chi connectivity index (χ0n) is 11.4. The number of rotatable bonds is 4. The van der Waals surface area contributed by atoms with Crippen molar-refractivity contribution in [3.05, 3.63) is 29.3 Å². The molecule has 2 N–H and O–H groups in total. The molecule has 8 heteroatoms. The molecule has 114 valence electrons. The molecule has 1 unspecified atom stereocenters. The second-order valence-corrected chi connectivity index (χ2v) is 6.55. The van der Waals surface area contributed by atoms with E-state index in [1.54, 1.807) is 6.92 Å². The van der Waals surface area contributed by atoms with Gasteiger partial charge in [0, 0.05) is 19.6 Å². The quantitative estimate of drug-likeness (QED) is 0.925. The van der Waals surface area contributed by atoms with Crippen LogP contribution in [-0.2, 0) is 16.2 Å². The van der Waals surface area contributed by atoms with Crippen molar-refractivity contribution >= 4 is 10.0 Å². The molecule has 1 aromatic carbocycles. The van der Waals surface area contributed by atoms with Crippen LogP contribution in [0.1, 0.15) is 18.1 Å². The molecule has 0 aliphatic heterocycles. The number of sulfonamides is 1. The van der Waals surface area contributed by atoms with E-state index in [1.807, 2.05) is 0 Å². The van der Waals surface area contributed by atoms with Crippen LogP contribution in [0.4, 0.5) is 13.2 Å². The van der Waals surface area contributed by atoms with Gasteiger partial charge >= 0.3 is 6.18 Å². The number of aryl methyl sites for hydroxylation is 1. The summed E-state index contributed by atoms with van der Waals surface area (Å²) in [5.74, 6) is 0. The first-order valence-corrected chi connectivity index (χ1v) is 7.31. The van der Waals surface area contributed by atoms with Crippen molar-refractivity contribution in [3.63, 3.8) is 0 Å². The van der Waals surface area contributed by atoms with Crippen LogP contribution in [0.2, 0.25) is 0 Å². The van der Waals surface area contributed by atoms with Gasteiger partial charge in [-0.15, -0.1) is 0 Å². The predicted molar refractivity (Wildman–Crippen MR) is 69.6 cm³/mol. The average molecular weight is 310 g/mol. The normalized spacial score (nSPS) is 14.6. The molecule has 0 aromatic heterocycles. The Bertz CT molecular complexity index is 585. The van der Waals surface area contributed by atoms with E-state index in [-0.39, 0.29) is 17.0 Å². The molecular weight excluding hydrogens is 293 g/mol. The third-order valence-corrected chi connectivity index (χ3v) is 5.25. The van der Waals surface area contributed by atoms with Gasteiger partial charge < -0.3 is 5.73 Å². The Hall–Kier alpha value is -1.12. The van der Waals surface area contributed by atoms with Gasteiger partial charge in [-0.25, -0.2) is 8.42 Å². The number of benzene rings is 1.